The first kappa shape index (κ1) is 11.5. The summed E-state index contributed by atoms with van der Waals surface area (Å²) in [5.74, 6) is -0.00926. The molecule has 0 aromatic carbocycles. The lowest BCUT2D eigenvalue weighted by molar-refractivity contribution is -0.716. The van der Waals surface area contributed by atoms with E-state index in [1.165, 1.54) is 6.42 Å². The quantitative estimate of drug-likeness (QED) is 0.539. The van der Waals surface area contributed by atoms with Crippen molar-refractivity contribution < 1.29 is 14.8 Å². The van der Waals surface area contributed by atoms with Crippen LogP contribution in [0.4, 0.5) is 0 Å². The molecule has 0 spiro atoms. The van der Waals surface area contributed by atoms with Gasteiger partial charge < -0.3 is 10.1 Å². The van der Waals surface area contributed by atoms with Gasteiger partial charge in [0.05, 0.1) is 12.6 Å². The number of carbonyl (C=O) groups excluding carboxylic acids is 1. The van der Waals surface area contributed by atoms with Crippen LogP contribution in [0.1, 0.15) is 46.0 Å². The molecule has 1 aliphatic heterocycles. The highest BCUT2D eigenvalue weighted by molar-refractivity contribution is 5.74. The second kappa shape index (κ2) is 6.02. The molecule has 2 atom stereocenters. The molecule has 3 nitrogen and oxygen atoms in total. The molecule has 0 aromatic rings. The van der Waals surface area contributed by atoms with E-state index in [1.807, 2.05) is 0 Å². The van der Waals surface area contributed by atoms with Crippen LogP contribution in [0.25, 0.3) is 0 Å². The Morgan fingerprint density at radius 1 is 1.50 bits per heavy atom. The Bertz CT molecular complexity index is 182. The van der Waals surface area contributed by atoms with Gasteiger partial charge in [-0.2, -0.15) is 0 Å². The second-order valence-electron chi connectivity index (χ2n) is 4.23. The van der Waals surface area contributed by atoms with Gasteiger partial charge in [-0.15, -0.1) is 0 Å². The number of piperidine rings is 1. The fraction of sp³-hybridized carbons (Fsp3) is 0.909. The molecule has 1 heterocycles. The van der Waals surface area contributed by atoms with Crippen LogP contribution in [0.2, 0.25) is 0 Å². The zero-order chi connectivity index (χ0) is 10.4. The summed E-state index contributed by atoms with van der Waals surface area (Å²) in [4.78, 5) is 11.6. The summed E-state index contributed by atoms with van der Waals surface area (Å²) in [7, 11) is 0. The smallest absolute Gasteiger partial charge is 0.364 e. The number of rotatable bonds is 4. The molecule has 1 rings (SSSR count). The summed E-state index contributed by atoms with van der Waals surface area (Å²) in [5, 5.41) is 2.15. The van der Waals surface area contributed by atoms with Crippen molar-refractivity contribution in [3.05, 3.63) is 0 Å². The van der Waals surface area contributed by atoms with E-state index < -0.39 is 0 Å². The Labute approximate surface area is 86.2 Å². The number of nitrogens with two attached hydrogens (primary N) is 1. The molecule has 0 unspecified atom stereocenters. The van der Waals surface area contributed by atoms with Gasteiger partial charge in [-0.05, 0) is 26.2 Å². The summed E-state index contributed by atoms with van der Waals surface area (Å²) >= 11 is 0. The molecule has 14 heavy (non-hydrogen) atoms. The van der Waals surface area contributed by atoms with Crippen molar-refractivity contribution in [1.82, 2.24) is 0 Å². The van der Waals surface area contributed by atoms with Crippen molar-refractivity contribution in [2.45, 2.75) is 58.0 Å². The number of hydrogen-bond donors (Lipinski definition) is 1. The maximum absolute atomic E-state index is 11.6. The van der Waals surface area contributed by atoms with Crippen molar-refractivity contribution in [3.8, 4) is 0 Å². The summed E-state index contributed by atoms with van der Waals surface area (Å²) in [6.45, 7) is 4.86. The number of quaternary nitrogens is 1. The molecular weight excluding hydrogens is 178 g/mol. The van der Waals surface area contributed by atoms with Crippen molar-refractivity contribution in [1.29, 1.82) is 0 Å². The second-order valence-corrected chi connectivity index (χ2v) is 4.23. The highest BCUT2D eigenvalue weighted by Crippen LogP contribution is 2.07. The van der Waals surface area contributed by atoms with Crippen molar-refractivity contribution in [3.63, 3.8) is 0 Å². The van der Waals surface area contributed by atoms with E-state index in [1.54, 1.807) is 0 Å². The molecule has 0 radical (unpaired) electrons. The van der Waals surface area contributed by atoms with Crippen LogP contribution in [0.5, 0.6) is 0 Å². The standard InChI is InChI=1S/C11H21NO2/c1-3-4-8-14-11(13)10-7-5-6-9(2)12-10/h9-10,12H,3-8H2,1-2H3/p+1/t9-,10+/m1/s1. The van der Waals surface area contributed by atoms with Crippen molar-refractivity contribution in [2.75, 3.05) is 6.61 Å². The fourth-order valence-electron chi connectivity index (χ4n) is 1.87. The zero-order valence-electron chi connectivity index (χ0n) is 9.29. The van der Waals surface area contributed by atoms with Gasteiger partial charge in [-0.1, -0.05) is 13.3 Å². The SMILES string of the molecule is CCCCOC(=O)[C@@H]1CCC[C@@H](C)[NH2+]1. The normalized spacial score (nSPS) is 27.3. The summed E-state index contributed by atoms with van der Waals surface area (Å²) < 4.78 is 5.20. The van der Waals surface area contributed by atoms with Crippen LogP contribution < -0.4 is 5.32 Å². The van der Waals surface area contributed by atoms with Crippen LogP contribution >= 0.6 is 0 Å². The Morgan fingerprint density at radius 2 is 2.29 bits per heavy atom. The molecule has 1 saturated heterocycles. The number of ether oxygens (including phenoxy) is 1. The van der Waals surface area contributed by atoms with E-state index in [4.69, 9.17) is 4.74 Å². The van der Waals surface area contributed by atoms with Crippen LogP contribution in [0.15, 0.2) is 0 Å². The van der Waals surface area contributed by atoms with Gasteiger partial charge in [-0.25, -0.2) is 4.79 Å². The molecular formula is C11H22NO2+. The minimum atomic E-state index is -0.00926. The fourth-order valence-corrected chi connectivity index (χ4v) is 1.87. The largest absolute Gasteiger partial charge is 0.461 e. The molecule has 0 amide bonds. The Balaban J connectivity index is 2.22. The first-order valence-electron chi connectivity index (χ1n) is 5.75. The van der Waals surface area contributed by atoms with Gasteiger partial charge in [0.15, 0.2) is 6.04 Å². The molecule has 0 aliphatic carbocycles. The predicted molar refractivity (Wildman–Crippen MR) is 54.9 cm³/mol. The minimum absolute atomic E-state index is 0.00926. The van der Waals surface area contributed by atoms with Gasteiger partial charge >= 0.3 is 5.97 Å². The molecule has 1 aliphatic rings. The average Bonchev–Trinajstić information content (AvgIpc) is 2.18. The lowest BCUT2D eigenvalue weighted by atomic mass is 10.00. The molecule has 0 bridgehead atoms. The first-order chi connectivity index (χ1) is 6.74. The zero-order valence-corrected chi connectivity index (χ0v) is 9.29. The topological polar surface area (TPSA) is 42.9 Å². The summed E-state index contributed by atoms with van der Waals surface area (Å²) in [6, 6.07) is 0.642. The molecule has 0 saturated carbocycles. The summed E-state index contributed by atoms with van der Waals surface area (Å²) in [6.07, 6.45) is 5.42. The van der Waals surface area contributed by atoms with Crippen LogP contribution in [0.3, 0.4) is 0 Å². The van der Waals surface area contributed by atoms with Gasteiger partial charge in [0.25, 0.3) is 0 Å². The molecule has 2 N–H and O–H groups in total. The Morgan fingerprint density at radius 3 is 2.93 bits per heavy atom. The number of hydrogen-bond acceptors (Lipinski definition) is 2. The Hall–Kier alpha value is -0.570. The summed E-state index contributed by atoms with van der Waals surface area (Å²) in [5.41, 5.74) is 0. The molecule has 82 valence electrons. The maximum Gasteiger partial charge on any atom is 0.364 e. The van der Waals surface area contributed by atoms with Crippen LogP contribution in [-0.2, 0) is 9.53 Å². The van der Waals surface area contributed by atoms with Crippen molar-refractivity contribution in [2.24, 2.45) is 0 Å². The third-order valence-corrected chi connectivity index (χ3v) is 2.78. The maximum atomic E-state index is 11.6. The number of carbonyl (C=O) groups is 1. The van der Waals surface area contributed by atoms with Gasteiger partial charge in [-0.3, -0.25) is 0 Å². The predicted octanol–water partition coefficient (Wildman–Crippen LogP) is 0.834. The first-order valence-corrected chi connectivity index (χ1v) is 5.75. The third kappa shape index (κ3) is 3.66. The van der Waals surface area contributed by atoms with Gasteiger partial charge in [0.2, 0.25) is 0 Å². The van der Waals surface area contributed by atoms with E-state index in [0.29, 0.717) is 12.6 Å². The lowest BCUT2D eigenvalue weighted by Gasteiger charge is -2.23. The average molecular weight is 200 g/mol. The highest BCUT2D eigenvalue weighted by Gasteiger charge is 2.29. The third-order valence-electron chi connectivity index (χ3n) is 2.78. The van der Waals surface area contributed by atoms with Gasteiger partial charge in [0.1, 0.15) is 0 Å². The van der Waals surface area contributed by atoms with E-state index in [9.17, 15) is 4.79 Å². The van der Waals surface area contributed by atoms with Crippen LogP contribution in [-0.4, -0.2) is 24.7 Å². The van der Waals surface area contributed by atoms with Gasteiger partial charge in [0, 0.05) is 6.42 Å². The van der Waals surface area contributed by atoms with E-state index in [2.05, 4.69) is 19.2 Å². The Kier molecular flexibility index (Phi) is 4.94. The highest BCUT2D eigenvalue weighted by atomic mass is 16.5. The van der Waals surface area contributed by atoms with E-state index in [0.717, 1.165) is 25.7 Å². The molecule has 3 heteroatoms. The molecule has 0 aromatic heterocycles. The van der Waals surface area contributed by atoms with Crippen molar-refractivity contribution >= 4 is 5.97 Å². The number of unbranched alkanes of at least 4 members (excludes halogenated alkanes) is 1. The number of esters is 1. The minimum Gasteiger partial charge on any atom is -0.461 e. The van der Waals surface area contributed by atoms with E-state index in [-0.39, 0.29) is 12.0 Å². The molecule has 1 fully saturated rings. The van der Waals surface area contributed by atoms with E-state index >= 15 is 0 Å². The lowest BCUT2D eigenvalue weighted by Crippen LogP contribution is -2.97. The van der Waals surface area contributed by atoms with Crippen LogP contribution in [0, 0.1) is 0 Å². The monoisotopic (exact) mass is 200 g/mol.